The average molecular weight is 365 g/mol. The van der Waals surface area contributed by atoms with Gasteiger partial charge in [0.2, 0.25) is 0 Å². The number of nitrogens with zero attached hydrogens (tertiary/aromatic N) is 1. The molecule has 27 heavy (non-hydrogen) atoms. The van der Waals surface area contributed by atoms with Gasteiger partial charge in [0.15, 0.2) is 0 Å². The highest BCUT2D eigenvalue weighted by molar-refractivity contribution is 5.95. The lowest BCUT2D eigenvalue weighted by Gasteiger charge is -2.17. The lowest BCUT2D eigenvalue weighted by atomic mass is 9.98. The summed E-state index contributed by atoms with van der Waals surface area (Å²) in [6.45, 7) is 3.67. The van der Waals surface area contributed by atoms with Gasteiger partial charge in [-0.3, -0.25) is 4.79 Å². The Morgan fingerprint density at radius 3 is 2.44 bits per heavy atom. The number of amides is 1. The Hall–Kier alpha value is -2.96. The van der Waals surface area contributed by atoms with E-state index in [9.17, 15) is 9.90 Å². The first kappa shape index (κ1) is 18.8. The monoisotopic (exact) mass is 365 g/mol. The molecule has 0 spiro atoms. The van der Waals surface area contributed by atoms with Crippen LogP contribution in [0, 0.1) is 6.92 Å². The molecular formula is C21H23N3O3. The Labute approximate surface area is 158 Å². The Morgan fingerprint density at radius 1 is 1.15 bits per heavy atom. The smallest absolute Gasteiger partial charge is 0.251 e. The van der Waals surface area contributed by atoms with E-state index in [1.807, 2.05) is 49.4 Å². The fraction of sp³-hybridized carbons (Fsp3) is 0.238. The summed E-state index contributed by atoms with van der Waals surface area (Å²) in [5.41, 5.74) is 8.32. The summed E-state index contributed by atoms with van der Waals surface area (Å²) in [4.78, 5) is 12.2. The van der Waals surface area contributed by atoms with Crippen LogP contribution < -0.4 is 11.1 Å². The van der Waals surface area contributed by atoms with Crippen LogP contribution in [-0.4, -0.2) is 28.4 Å². The highest BCUT2D eigenvalue weighted by atomic mass is 16.5. The molecule has 140 valence electrons. The highest BCUT2D eigenvalue weighted by Gasteiger charge is 2.17. The summed E-state index contributed by atoms with van der Waals surface area (Å²) in [5.74, 6) is 0.507. The fourth-order valence-electron chi connectivity index (χ4n) is 2.82. The van der Waals surface area contributed by atoms with Gasteiger partial charge in [0, 0.05) is 24.1 Å². The molecule has 0 bridgehead atoms. The maximum atomic E-state index is 12.2. The van der Waals surface area contributed by atoms with Crippen molar-refractivity contribution in [2.45, 2.75) is 26.0 Å². The average Bonchev–Trinajstić information content (AvgIpc) is 3.03. The zero-order valence-corrected chi connectivity index (χ0v) is 15.4. The van der Waals surface area contributed by atoms with Gasteiger partial charge in [-0.05, 0) is 31.5 Å². The number of rotatable bonds is 6. The highest BCUT2D eigenvalue weighted by Crippen LogP contribution is 2.34. The molecule has 0 aliphatic carbocycles. The van der Waals surface area contributed by atoms with E-state index in [0.717, 1.165) is 28.1 Å². The SMILES string of the molecule is Cc1onc(-c2ccccc2)c1-c1ccc(C(=O)NCCC(C)(N)O)cc1. The molecule has 4 N–H and O–H groups in total. The first-order chi connectivity index (χ1) is 12.8. The maximum Gasteiger partial charge on any atom is 0.251 e. The van der Waals surface area contributed by atoms with E-state index in [1.165, 1.54) is 6.92 Å². The van der Waals surface area contributed by atoms with Crippen molar-refractivity contribution in [2.24, 2.45) is 5.73 Å². The molecule has 0 radical (unpaired) electrons. The fourth-order valence-corrected chi connectivity index (χ4v) is 2.82. The van der Waals surface area contributed by atoms with Crippen LogP contribution in [0.15, 0.2) is 59.1 Å². The Morgan fingerprint density at radius 2 is 1.81 bits per heavy atom. The van der Waals surface area contributed by atoms with Crippen molar-refractivity contribution in [3.63, 3.8) is 0 Å². The minimum absolute atomic E-state index is 0.212. The van der Waals surface area contributed by atoms with Gasteiger partial charge < -0.3 is 20.7 Å². The van der Waals surface area contributed by atoms with Crippen LogP contribution in [0.3, 0.4) is 0 Å². The Kier molecular flexibility index (Phi) is 5.39. The van der Waals surface area contributed by atoms with Crippen molar-refractivity contribution in [1.82, 2.24) is 10.5 Å². The van der Waals surface area contributed by atoms with E-state index in [0.29, 0.717) is 12.1 Å². The predicted octanol–water partition coefficient (Wildman–Crippen LogP) is 3.10. The quantitative estimate of drug-likeness (QED) is 0.583. The lowest BCUT2D eigenvalue weighted by molar-refractivity contribution is 0.0573. The molecule has 1 atom stereocenters. The molecule has 1 aromatic heterocycles. The van der Waals surface area contributed by atoms with Crippen LogP contribution in [0.1, 0.15) is 29.5 Å². The van der Waals surface area contributed by atoms with E-state index in [2.05, 4.69) is 10.5 Å². The molecule has 3 aromatic rings. The van der Waals surface area contributed by atoms with E-state index < -0.39 is 5.72 Å². The van der Waals surface area contributed by atoms with Gasteiger partial charge in [0.25, 0.3) is 5.91 Å². The number of nitrogens with one attached hydrogen (secondary N) is 1. The van der Waals surface area contributed by atoms with Crippen LogP contribution in [-0.2, 0) is 0 Å². The standard InChI is InChI=1S/C21H23N3O3/c1-14-18(19(24-27-14)16-6-4-3-5-7-16)15-8-10-17(11-9-15)20(25)23-13-12-21(2,22)26/h3-11,26H,12-13,22H2,1-2H3,(H,23,25). The van der Waals surface area contributed by atoms with E-state index in [1.54, 1.807) is 12.1 Å². The van der Waals surface area contributed by atoms with Crippen molar-refractivity contribution >= 4 is 5.91 Å². The number of aryl methyl sites for hydroxylation is 1. The minimum atomic E-state index is -1.29. The molecule has 6 heteroatoms. The molecular weight excluding hydrogens is 342 g/mol. The molecule has 2 aromatic carbocycles. The van der Waals surface area contributed by atoms with Gasteiger partial charge in [-0.1, -0.05) is 47.6 Å². The van der Waals surface area contributed by atoms with Crippen LogP contribution in [0.2, 0.25) is 0 Å². The van der Waals surface area contributed by atoms with E-state index in [-0.39, 0.29) is 12.3 Å². The van der Waals surface area contributed by atoms with Crippen molar-refractivity contribution in [3.05, 3.63) is 65.9 Å². The zero-order chi connectivity index (χ0) is 19.4. The molecule has 6 nitrogen and oxygen atoms in total. The first-order valence-electron chi connectivity index (χ1n) is 8.77. The van der Waals surface area contributed by atoms with Crippen molar-refractivity contribution in [2.75, 3.05) is 6.54 Å². The summed E-state index contributed by atoms with van der Waals surface area (Å²) < 4.78 is 5.40. The third-order valence-corrected chi connectivity index (χ3v) is 4.26. The van der Waals surface area contributed by atoms with Crippen molar-refractivity contribution in [3.8, 4) is 22.4 Å². The number of carbonyl (C=O) groups is 1. The zero-order valence-electron chi connectivity index (χ0n) is 15.4. The number of nitrogens with two attached hydrogens (primary N) is 1. The molecule has 3 rings (SSSR count). The largest absolute Gasteiger partial charge is 0.376 e. The van der Waals surface area contributed by atoms with Crippen LogP contribution in [0.5, 0.6) is 0 Å². The molecule has 0 fully saturated rings. The summed E-state index contributed by atoms with van der Waals surface area (Å²) >= 11 is 0. The topological polar surface area (TPSA) is 101 Å². The number of hydrogen-bond acceptors (Lipinski definition) is 5. The number of aliphatic hydroxyl groups is 1. The van der Waals surface area contributed by atoms with Crippen LogP contribution in [0.4, 0.5) is 0 Å². The third kappa shape index (κ3) is 4.61. The number of carbonyl (C=O) groups excluding carboxylic acids is 1. The number of benzene rings is 2. The van der Waals surface area contributed by atoms with Crippen LogP contribution >= 0.6 is 0 Å². The van der Waals surface area contributed by atoms with E-state index in [4.69, 9.17) is 10.3 Å². The lowest BCUT2D eigenvalue weighted by Crippen LogP contribution is -2.39. The molecule has 0 aliphatic rings. The van der Waals surface area contributed by atoms with Gasteiger partial charge in [-0.15, -0.1) is 0 Å². The number of aromatic nitrogens is 1. The van der Waals surface area contributed by atoms with Gasteiger partial charge in [-0.2, -0.15) is 0 Å². The Bertz CT molecular complexity index is 910. The van der Waals surface area contributed by atoms with Crippen molar-refractivity contribution in [1.29, 1.82) is 0 Å². The second kappa shape index (κ2) is 7.73. The van der Waals surface area contributed by atoms with Crippen molar-refractivity contribution < 1.29 is 14.4 Å². The summed E-state index contributed by atoms with van der Waals surface area (Å²) in [5, 5.41) is 16.4. The molecule has 1 heterocycles. The normalized spacial score (nSPS) is 13.2. The van der Waals surface area contributed by atoms with Crippen LogP contribution in [0.25, 0.3) is 22.4 Å². The molecule has 1 amide bonds. The molecule has 0 saturated heterocycles. The number of hydrogen-bond donors (Lipinski definition) is 3. The second-order valence-electron chi connectivity index (χ2n) is 6.77. The molecule has 0 saturated carbocycles. The van der Waals surface area contributed by atoms with Gasteiger partial charge in [-0.25, -0.2) is 0 Å². The molecule has 1 unspecified atom stereocenters. The Balaban J connectivity index is 1.79. The molecule has 0 aliphatic heterocycles. The van der Waals surface area contributed by atoms with Gasteiger partial charge >= 0.3 is 0 Å². The minimum Gasteiger partial charge on any atom is -0.376 e. The predicted molar refractivity (Wildman–Crippen MR) is 104 cm³/mol. The van der Waals surface area contributed by atoms with E-state index >= 15 is 0 Å². The summed E-state index contributed by atoms with van der Waals surface area (Å²) in [6.07, 6.45) is 0.275. The van der Waals surface area contributed by atoms with Gasteiger partial charge in [0.05, 0.1) is 5.56 Å². The summed E-state index contributed by atoms with van der Waals surface area (Å²) in [7, 11) is 0. The summed E-state index contributed by atoms with van der Waals surface area (Å²) in [6, 6.07) is 17.1. The van der Waals surface area contributed by atoms with Gasteiger partial charge in [0.1, 0.15) is 17.2 Å². The maximum absolute atomic E-state index is 12.2. The second-order valence-corrected chi connectivity index (χ2v) is 6.77. The first-order valence-corrected chi connectivity index (χ1v) is 8.77. The third-order valence-electron chi connectivity index (χ3n) is 4.26.